The zero-order valence-electron chi connectivity index (χ0n) is 12.2. The summed E-state index contributed by atoms with van der Waals surface area (Å²) in [4.78, 5) is 2.16. The van der Waals surface area contributed by atoms with Crippen molar-refractivity contribution in [3.8, 4) is 0 Å². The van der Waals surface area contributed by atoms with Crippen LogP contribution in [0.3, 0.4) is 0 Å². The molecule has 3 rings (SSSR count). The van der Waals surface area contributed by atoms with Crippen LogP contribution in [0.4, 0.5) is 17.1 Å². The van der Waals surface area contributed by atoms with Crippen molar-refractivity contribution < 1.29 is 4.57 Å². The Bertz CT molecular complexity index is 846. The lowest BCUT2D eigenvalue weighted by atomic mass is 10.2. The number of hydrogen-bond donors (Lipinski definition) is 0. The van der Waals surface area contributed by atoms with Gasteiger partial charge in [0.15, 0.2) is 6.58 Å². The maximum atomic E-state index is 11.8. The molecule has 0 N–H and O–H groups in total. The summed E-state index contributed by atoms with van der Waals surface area (Å²) in [5, 5.41) is 0.768. The molecule has 1 atom stereocenters. The molecule has 0 aromatic heterocycles. The lowest BCUT2D eigenvalue weighted by molar-refractivity contribution is 0.602. The summed E-state index contributed by atoms with van der Waals surface area (Å²) in [6.45, 7) is -1.55. The third-order valence-corrected chi connectivity index (χ3v) is 6.53. The highest BCUT2D eigenvalue weighted by atomic mass is 32.9. The molecule has 2 nitrogen and oxygen atoms in total. The maximum Gasteiger partial charge on any atom is 0.197 e. The second kappa shape index (κ2) is 7.51. The van der Waals surface area contributed by atoms with Crippen LogP contribution in [0.25, 0.3) is 0 Å². The summed E-state index contributed by atoms with van der Waals surface area (Å²) in [6.07, 6.45) is 0. The Morgan fingerprint density at radius 2 is 1.13 bits per heavy atom. The summed E-state index contributed by atoms with van der Waals surface area (Å²) in [5.74, 6) is 0. The van der Waals surface area contributed by atoms with E-state index in [1.54, 1.807) is 0 Å². The molecule has 5 heteroatoms. The van der Waals surface area contributed by atoms with Crippen LogP contribution in [0, 0.1) is 0 Å². The van der Waals surface area contributed by atoms with Gasteiger partial charge in [-0.15, -0.1) is 0 Å². The van der Waals surface area contributed by atoms with Gasteiger partial charge in [0.2, 0.25) is 0 Å². The molecule has 0 aliphatic carbocycles. The van der Waals surface area contributed by atoms with Gasteiger partial charge in [0.25, 0.3) is 0 Å². The van der Waals surface area contributed by atoms with E-state index in [-0.39, 0.29) is 0 Å². The van der Waals surface area contributed by atoms with Crippen LogP contribution in [-0.2, 0) is 25.3 Å². The van der Waals surface area contributed by atoms with Crippen molar-refractivity contribution in [1.82, 2.24) is 0 Å². The molecule has 0 aliphatic heterocycles. The zero-order chi connectivity index (χ0) is 16.1. The normalized spacial score (nSPS) is 10.9. The summed E-state index contributed by atoms with van der Waals surface area (Å²) in [6, 6.07) is 28.1. The van der Waals surface area contributed by atoms with Crippen LogP contribution in [0.5, 0.6) is 0 Å². The van der Waals surface area contributed by atoms with E-state index in [1.807, 2.05) is 60.7 Å². The van der Waals surface area contributed by atoms with Crippen LogP contribution >= 0.6 is 6.58 Å². The van der Waals surface area contributed by atoms with Crippen LogP contribution in [0.2, 0.25) is 0 Å². The highest BCUT2D eigenvalue weighted by molar-refractivity contribution is 8.34. The van der Waals surface area contributed by atoms with E-state index in [1.165, 1.54) is 0 Å². The number of para-hydroxylation sites is 2. The van der Waals surface area contributed by atoms with Crippen LogP contribution in [0.15, 0.2) is 84.9 Å². The molecule has 0 fully saturated rings. The van der Waals surface area contributed by atoms with E-state index < -0.39 is 6.58 Å². The molecular formula is C18H14NOPS2. The van der Waals surface area contributed by atoms with Crippen molar-refractivity contribution in [2.45, 2.75) is 0 Å². The third-order valence-electron chi connectivity index (χ3n) is 3.42. The first-order valence-corrected chi connectivity index (χ1v) is 10.7. The molecule has 0 saturated heterocycles. The Kier molecular flexibility index (Phi) is 5.19. The Morgan fingerprint density at radius 1 is 0.696 bits per heavy atom. The number of benzene rings is 3. The summed E-state index contributed by atoms with van der Waals surface area (Å²) < 4.78 is 11.8. The van der Waals surface area contributed by atoms with Crippen molar-refractivity contribution in [3.63, 3.8) is 0 Å². The molecule has 0 bridgehead atoms. The first kappa shape index (κ1) is 15.9. The molecule has 3 aromatic rings. The van der Waals surface area contributed by atoms with E-state index in [4.69, 9.17) is 11.2 Å². The predicted molar refractivity (Wildman–Crippen MR) is 103 cm³/mol. The largest absolute Gasteiger partial charge is 0.311 e. The minimum absolute atomic E-state index is 0.768. The highest BCUT2D eigenvalue weighted by Crippen LogP contribution is 2.33. The SMILES string of the molecule is O=P(=S=S)c1ccc(N(c2ccccc2)c2ccccc2)cc1. The van der Waals surface area contributed by atoms with E-state index >= 15 is 0 Å². The first-order valence-electron chi connectivity index (χ1n) is 7.07. The highest BCUT2D eigenvalue weighted by Gasteiger charge is 2.11. The monoisotopic (exact) mass is 355 g/mol. The van der Waals surface area contributed by atoms with Crippen LogP contribution < -0.4 is 10.2 Å². The van der Waals surface area contributed by atoms with Gasteiger partial charge in [-0.2, -0.15) is 0 Å². The molecule has 0 spiro atoms. The quantitative estimate of drug-likeness (QED) is 0.610. The van der Waals surface area contributed by atoms with Gasteiger partial charge in [-0.3, -0.25) is 4.57 Å². The van der Waals surface area contributed by atoms with Gasteiger partial charge in [-0.1, -0.05) is 36.4 Å². The van der Waals surface area contributed by atoms with Gasteiger partial charge in [-0.05, 0) is 69.2 Å². The van der Waals surface area contributed by atoms with E-state index in [0.29, 0.717) is 0 Å². The molecule has 3 aromatic carbocycles. The molecule has 0 aliphatic rings. The maximum absolute atomic E-state index is 11.8. The van der Waals surface area contributed by atoms with Gasteiger partial charge >= 0.3 is 0 Å². The minimum atomic E-state index is -1.55. The fourth-order valence-electron chi connectivity index (χ4n) is 2.37. The van der Waals surface area contributed by atoms with Gasteiger partial charge in [0, 0.05) is 22.4 Å². The summed E-state index contributed by atoms with van der Waals surface area (Å²) >= 11 is 4.82. The minimum Gasteiger partial charge on any atom is -0.311 e. The Hall–Kier alpha value is -2.00. The van der Waals surface area contributed by atoms with Crippen molar-refractivity contribution in [2.24, 2.45) is 0 Å². The zero-order valence-corrected chi connectivity index (χ0v) is 14.7. The van der Waals surface area contributed by atoms with E-state index in [2.05, 4.69) is 29.2 Å². The Balaban J connectivity index is 2.09. The Labute approximate surface area is 144 Å². The standard InChI is InChI=1S/C18H14NOPS2/c20-21(23-22)18-13-11-17(12-14-18)19(15-7-3-1-4-8-15)16-9-5-2-6-10-16/h1-14H. The van der Waals surface area contributed by atoms with Crippen molar-refractivity contribution in [3.05, 3.63) is 84.9 Å². The van der Waals surface area contributed by atoms with Crippen molar-refractivity contribution >= 4 is 49.6 Å². The fourth-order valence-corrected chi connectivity index (χ4v) is 4.24. The molecule has 0 heterocycles. The topological polar surface area (TPSA) is 20.3 Å². The van der Waals surface area contributed by atoms with Crippen molar-refractivity contribution in [2.75, 3.05) is 4.90 Å². The van der Waals surface area contributed by atoms with Gasteiger partial charge < -0.3 is 4.90 Å². The average Bonchev–Trinajstić information content (AvgIpc) is 2.64. The van der Waals surface area contributed by atoms with Crippen molar-refractivity contribution in [1.29, 1.82) is 0 Å². The van der Waals surface area contributed by atoms with E-state index in [0.717, 1.165) is 31.9 Å². The van der Waals surface area contributed by atoms with Gasteiger partial charge in [0.05, 0.1) is 0 Å². The average molecular weight is 355 g/mol. The van der Waals surface area contributed by atoms with E-state index in [9.17, 15) is 4.57 Å². The number of nitrogens with zero attached hydrogens (tertiary/aromatic N) is 1. The second-order valence-corrected chi connectivity index (χ2v) is 8.82. The lowest BCUT2D eigenvalue weighted by Gasteiger charge is -2.25. The smallest absolute Gasteiger partial charge is 0.197 e. The van der Waals surface area contributed by atoms with Gasteiger partial charge in [-0.25, -0.2) is 0 Å². The molecule has 1 unspecified atom stereocenters. The molecule has 114 valence electrons. The van der Waals surface area contributed by atoms with Crippen LogP contribution in [-0.4, -0.2) is 0 Å². The van der Waals surface area contributed by atoms with Crippen LogP contribution in [0.1, 0.15) is 0 Å². The molecular weight excluding hydrogens is 341 g/mol. The number of hydrogen-bond acceptors (Lipinski definition) is 3. The lowest BCUT2D eigenvalue weighted by Crippen LogP contribution is -2.10. The third kappa shape index (κ3) is 3.67. The summed E-state index contributed by atoms with van der Waals surface area (Å²) in [5.41, 5.74) is 3.17. The molecule has 0 radical (unpaired) electrons. The predicted octanol–water partition coefficient (Wildman–Crippen LogP) is 5.07. The molecule has 0 amide bonds. The van der Waals surface area contributed by atoms with Gasteiger partial charge in [0.1, 0.15) is 0 Å². The molecule has 23 heavy (non-hydrogen) atoms. The Morgan fingerprint density at radius 3 is 1.57 bits per heavy atom. The molecule has 0 saturated carbocycles. The second-order valence-electron chi connectivity index (χ2n) is 4.85. The number of rotatable bonds is 4. The fraction of sp³-hybridized carbons (Fsp3) is 0. The number of anilines is 3. The first-order chi connectivity index (χ1) is 11.3. The summed E-state index contributed by atoms with van der Waals surface area (Å²) in [7, 11) is 0.964.